The van der Waals surface area contributed by atoms with E-state index in [1.54, 1.807) is 0 Å². The Hall–Kier alpha value is -0.0800. The molecule has 3 rings (SSSR count). The first-order valence-electron chi connectivity index (χ1n) is 7.57. The minimum atomic E-state index is 0.496. The molecule has 0 aromatic heterocycles. The second-order valence-corrected chi connectivity index (χ2v) is 7.39. The van der Waals surface area contributed by atoms with E-state index in [1.165, 1.54) is 64.7 Å². The van der Waals surface area contributed by atoms with Gasteiger partial charge < -0.3 is 10.2 Å². The van der Waals surface area contributed by atoms with Crippen molar-refractivity contribution in [2.75, 3.05) is 26.2 Å². The molecule has 1 atom stereocenters. The Morgan fingerprint density at radius 1 is 1.18 bits per heavy atom. The van der Waals surface area contributed by atoms with E-state index < -0.39 is 0 Å². The number of rotatable bonds is 2. The minimum absolute atomic E-state index is 0.496. The SMILES string of the molecule is CC1(C)CC1CN1CCCNC2(CCCC2)C1. The molecule has 2 nitrogen and oxygen atoms in total. The Labute approximate surface area is 106 Å². The van der Waals surface area contributed by atoms with Crippen LogP contribution in [-0.2, 0) is 0 Å². The standard InChI is InChI=1S/C15H28N2/c1-14(2)10-13(14)11-17-9-5-8-16-15(12-17)6-3-4-7-15/h13,16H,3-12H2,1-2H3. The Morgan fingerprint density at radius 3 is 2.53 bits per heavy atom. The molecule has 98 valence electrons. The summed E-state index contributed by atoms with van der Waals surface area (Å²) in [4.78, 5) is 2.77. The van der Waals surface area contributed by atoms with Crippen LogP contribution < -0.4 is 5.32 Å². The molecule has 1 spiro atoms. The fraction of sp³-hybridized carbons (Fsp3) is 1.00. The van der Waals surface area contributed by atoms with E-state index in [2.05, 4.69) is 24.1 Å². The lowest BCUT2D eigenvalue weighted by Crippen LogP contribution is -2.49. The summed E-state index contributed by atoms with van der Waals surface area (Å²) in [5, 5.41) is 3.86. The summed E-state index contributed by atoms with van der Waals surface area (Å²) in [5.41, 5.74) is 1.14. The van der Waals surface area contributed by atoms with Crippen LogP contribution in [0.3, 0.4) is 0 Å². The molecular weight excluding hydrogens is 208 g/mol. The van der Waals surface area contributed by atoms with Crippen molar-refractivity contribution in [3.05, 3.63) is 0 Å². The molecule has 0 radical (unpaired) electrons. The monoisotopic (exact) mass is 236 g/mol. The molecule has 0 aromatic rings. The summed E-state index contributed by atoms with van der Waals surface area (Å²) in [6.45, 7) is 10.1. The first-order valence-corrected chi connectivity index (χ1v) is 7.57. The summed E-state index contributed by atoms with van der Waals surface area (Å²) in [5.74, 6) is 0.971. The second kappa shape index (κ2) is 4.24. The normalized spacial score (nSPS) is 36.0. The molecule has 17 heavy (non-hydrogen) atoms. The molecule has 3 fully saturated rings. The third-order valence-electron chi connectivity index (χ3n) is 5.43. The molecule has 0 bridgehead atoms. The minimum Gasteiger partial charge on any atom is -0.310 e. The van der Waals surface area contributed by atoms with Crippen molar-refractivity contribution in [3.63, 3.8) is 0 Å². The van der Waals surface area contributed by atoms with Crippen molar-refractivity contribution in [2.24, 2.45) is 11.3 Å². The number of nitrogens with zero attached hydrogens (tertiary/aromatic N) is 1. The van der Waals surface area contributed by atoms with Gasteiger partial charge in [-0.3, -0.25) is 0 Å². The van der Waals surface area contributed by atoms with Crippen LogP contribution in [0.4, 0.5) is 0 Å². The molecule has 2 aliphatic carbocycles. The maximum Gasteiger partial charge on any atom is 0.0308 e. The van der Waals surface area contributed by atoms with Crippen LogP contribution in [0, 0.1) is 11.3 Å². The molecule has 2 saturated carbocycles. The van der Waals surface area contributed by atoms with Crippen LogP contribution in [0.5, 0.6) is 0 Å². The summed E-state index contributed by atoms with van der Waals surface area (Å²) in [7, 11) is 0. The van der Waals surface area contributed by atoms with E-state index in [9.17, 15) is 0 Å². The predicted octanol–water partition coefficient (Wildman–Crippen LogP) is 2.64. The third-order valence-corrected chi connectivity index (χ3v) is 5.43. The van der Waals surface area contributed by atoms with E-state index in [4.69, 9.17) is 0 Å². The van der Waals surface area contributed by atoms with Gasteiger partial charge in [0.15, 0.2) is 0 Å². The highest BCUT2D eigenvalue weighted by atomic mass is 15.2. The zero-order valence-corrected chi connectivity index (χ0v) is 11.6. The van der Waals surface area contributed by atoms with Crippen molar-refractivity contribution < 1.29 is 0 Å². The highest BCUT2D eigenvalue weighted by Crippen LogP contribution is 2.52. The topological polar surface area (TPSA) is 15.3 Å². The number of nitrogens with one attached hydrogen (secondary N) is 1. The zero-order chi connectivity index (χ0) is 11.9. The van der Waals surface area contributed by atoms with Crippen molar-refractivity contribution in [1.29, 1.82) is 0 Å². The van der Waals surface area contributed by atoms with Gasteiger partial charge in [0, 0.05) is 18.6 Å². The molecule has 1 heterocycles. The Morgan fingerprint density at radius 2 is 1.88 bits per heavy atom. The maximum atomic E-state index is 3.86. The fourth-order valence-electron chi connectivity index (χ4n) is 3.96. The summed E-state index contributed by atoms with van der Waals surface area (Å²) >= 11 is 0. The van der Waals surface area contributed by atoms with Crippen LogP contribution >= 0.6 is 0 Å². The summed E-state index contributed by atoms with van der Waals surface area (Å²) in [6.07, 6.45) is 8.50. The average Bonchev–Trinajstić information content (AvgIpc) is 2.68. The molecule has 1 N–H and O–H groups in total. The van der Waals surface area contributed by atoms with Gasteiger partial charge in [-0.2, -0.15) is 0 Å². The van der Waals surface area contributed by atoms with Gasteiger partial charge in [0.1, 0.15) is 0 Å². The smallest absolute Gasteiger partial charge is 0.0308 e. The molecule has 3 aliphatic rings. The number of hydrogen-bond donors (Lipinski definition) is 1. The summed E-state index contributed by atoms with van der Waals surface area (Å²) < 4.78 is 0. The zero-order valence-electron chi connectivity index (χ0n) is 11.6. The highest BCUT2D eigenvalue weighted by Gasteiger charge is 2.47. The van der Waals surface area contributed by atoms with Gasteiger partial charge in [-0.05, 0) is 50.1 Å². The largest absolute Gasteiger partial charge is 0.310 e. The Bertz CT molecular complexity index is 279. The molecule has 1 saturated heterocycles. The second-order valence-electron chi connectivity index (χ2n) is 7.39. The molecule has 0 amide bonds. The van der Waals surface area contributed by atoms with Crippen molar-refractivity contribution in [1.82, 2.24) is 10.2 Å². The highest BCUT2D eigenvalue weighted by molar-refractivity contribution is 5.00. The molecule has 1 unspecified atom stereocenters. The Kier molecular flexibility index (Phi) is 2.99. The van der Waals surface area contributed by atoms with Crippen LogP contribution in [0.15, 0.2) is 0 Å². The fourth-order valence-corrected chi connectivity index (χ4v) is 3.96. The summed E-state index contributed by atoms with van der Waals surface area (Å²) in [6, 6.07) is 0. The lowest BCUT2D eigenvalue weighted by atomic mass is 9.97. The van der Waals surface area contributed by atoms with E-state index in [-0.39, 0.29) is 0 Å². The van der Waals surface area contributed by atoms with Crippen molar-refractivity contribution in [3.8, 4) is 0 Å². The van der Waals surface area contributed by atoms with E-state index in [0.29, 0.717) is 11.0 Å². The van der Waals surface area contributed by atoms with Gasteiger partial charge in [0.25, 0.3) is 0 Å². The first kappa shape index (κ1) is 12.0. The van der Waals surface area contributed by atoms with Gasteiger partial charge in [0.05, 0.1) is 0 Å². The van der Waals surface area contributed by atoms with Crippen LogP contribution in [0.25, 0.3) is 0 Å². The molecular formula is C15H28N2. The quantitative estimate of drug-likeness (QED) is 0.793. The van der Waals surface area contributed by atoms with Gasteiger partial charge in [-0.25, -0.2) is 0 Å². The molecule has 2 heteroatoms. The van der Waals surface area contributed by atoms with E-state index in [1.807, 2.05) is 0 Å². The lowest BCUT2D eigenvalue weighted by molar-refractivity contribution is 0.197. The van der Waals surface area contributed by atoms with Crippen LogP contribution in [0.2, 0.25) is 0 Å². The van der Waals surface area contributed by atoms with Crippen LogP contribution in [0.1, 0.15) is 52.4 Å². The Balaban J connectivity index is 1.60. The van der Waals surface area contributed by atoms with E-state index in [0.717, 1.165) is 5.92 Å². The van der Waals surface area contributed by atoms with Gasteiger partial charge in [-0.1, -0.05) is 26.7 Å². The average molecular weight is 236 g/mol. The van der Waals surface area contributed by atoms with Crippen molar-refractivity contribution in [2.45, 2.75) is 57.9 Å². The van der Waals surface area contributed by atoms with Gasteiger partial charge in [-0.15, -0.1) is 0 Å². The van der Waals surface area contributed by atoms with Gasteiger partial charge in [0.2, 0.25) is 0 Å². The predicted molar refractivity (Wildman–Crippen MR) is 72.1 cm³/mol. The van der Waals surface area contributed by atoms with E-state index >= 15 is 0 Å². The lowest BCUT2D eigenvalue weighted by Gasteiger charge is -2.33. The molecule has 0 aromatic carbocycles. The molecule has 1 aliphatic heterocycles. The number of hydrogen-bond acceptors (Lipinski definition) is 2. The maximum absolute atomic E-state index is 3.86. The van der Waals surface area contributed by atoms with Gasteiger partial charge >= 0.3 is 0 Å². The van der Waals surface area contributed by atoms with Crippen molar-refractivity contribution >= 4 is 0 Å². The third kappa shape index (κ3) is 2.53. The first-order chi connectivity index (χ1) is 8.10. The van der Waals surface area contributed by atoms with Crippen LogP contribution in [-0.4, -0.2) is 36.6 Å².